The normalized spacial score (nSPS) is 12.6. The zero-order valence-corrected chi connectivity index (χ0v) is 15.3. The molecule has 0 radical (unpaired) electrons. The number of hydrogen-bond donors (Lipinski definition) is 2. The lowest BCUT2D eigenvalue weighted by Crippen LogP contribution is -2.23. The van der Waals surface area contributed by atoms with Gasteiger partial charge in [0.25, 0.3) is 0 Å². The van der Waals surface area contributed by atoms with Crippen LogP contribution in [0.3, 0.4) is 0 Å². The van der Waals surface area contributed by atoms with Crippen molar-refractivity contribution >= 4 is 45.0 Å². The highest BCUT2D eigenvalue weighted by molar-refractivity contribution is 7.99. The van der Waals surface area contributed by atoms with Crippen LogP contribution >= 0.6 is 23.4 Å². The molecule has 2 rings (SSSR count). The number of anilines is 1. The quantitative estimate of drug-likeness (QED) is 0.799. The third-order valence-electron chi connectivity index (χ3n) is 3.21. The van der Waals surface area contributed by atoms with E-state index in [1.165, 1.54) is 30.0 Å². The lowest BCUT2D eigenvalue weighted by molar-refractivity contribution is -0.115. The van der Waals surface area contributed by atoms with Gasteiger partial charge in [-0.1, -0.05) is 29.8 Å². The summed E-state index contributed by atoms with van der Waals surface area (Å²) in [5, 5.41) is 8.15. The first-order valence-electron chi connectivity index (χ1n) is 7.05. The van der Waals surface area contributed by atoms with Gasteiger partial charge in [-0.25, -0.2) is 13.6 Å². The molecule has 0 unspecified atom stereocenters. The first-order valence-corrected chi connectivity index (χ1v) is 10.0. The molecule has 1 atom stereocenters. The monoisotopic (exact) mass is 384 g/mol. The van der Waals surface area contributed by atoms with Crippen molar-refractivity contribution in [3.05, 3.63) is 59.1 Å². The van der Waals surface area contributed by atoms with Crippen molar-refractivity contribution < 1.29 is 13.2 Å². The molecule has 0 saturated heterocycles. The average Bonchev–Trinajstić information content (AvgIpc) is 2.53. The minimum Gasteiger partial charge on any atom is -0.325 e. The summed E-state index contributed by atoms with van der Waals surface area (Å²) >= 11 is 7.31. The molecule has 0 aliphatic heterocycles. The van der Waals surface area contributed by atoms with E-state index in [4.69, 9.17) is 16.7 Å². The second kappa shape index (κ2) is 8.02. The minimum absolute atomic E-state index is 0.0400. The number of hydrogen-bond acceptors (Lipinski definition) is 4. The SMILES string of the molecule is C[C@@H](SCc1ccc(Cl)cc1)C(=O)Nc1cccc(S(N)(=O)=O)c1. The van der Waals surface area contributed by atoms with Gasteiger partial charge < -0.3 is 5.32 Å². The Bertz CT molecular complexity index is 823. The Kier molecular flexibility index (Phi) is 6.28. The van der Waals surface area contributed by atoms with E-state index in [1.807, 2.05) is 12.1 Å². The number of rotatable bonds is 6. The molecular weight excluding hydrogens is 368 g/mol. The molecule has 3 N–H and O–H groups in total. The van der Waals surface area contributed by atoms with Crippen molar-refractivity contribution in [2.75, 3.05) is 5.32 Å². The number of carbonyl (C=O) groups is 1. The van der Waals surface area contributed by atoms with Gasteiger partial charge in [-0.3, -0.25) is 4.79 Å². The van der Waals surface area contributed by atoms with Gasteiger partial charge in [0.1, 0.15) is 0 Å². The molecule has 5 nitrogen and oxygen atoms in total. The Morgan fingerprint density at radius 3 is 2.54 bits per heavy atom. The number of primary sulfonamides is 1. The summed E-state index contributed by atoms with van der Waals surface area (Å²) in [6.07, 6.45) is 0. The number of halogens is 1. The summed E-state index contributed by atoms with van der Waals surface area (Å²) < 4.78 is 22.7. The first kappa shape index (κ1) is 18.8. The Balaban J connectivity index is 1.95. The van der Waals surface area contributed by atoms with Crippen LogP contribution in [0.25, 0.3) is 0 Å². The second-order valence-electron chi connectivity index (χ2n) is 5.14. The fourth-order valence-electron chi connectivity index (χ4n) is 1.87. The number of sulfonamides is 1. The number of benzene rings is 2. The second-order valence-corrected chi connectivity index (χ2v) is 8.47. The van der Waals surface area contributed by atoms with E-state index in [0.717, 1.165) is 5.56 Å². The maximum Gasteiger partial charge on any atom is 0.238 e. The smallest absolute Gasteiger partial charge is 0.238 e. The molecule has 128 valence electrons. The third-order valence-corrected chi connectivity index (χ3v) is 5.59. The maximum atomic E-state index is 12.2. The van der Waals surface area contributed by atoms with Crippen LogP contribution in [0.5, 0.6) is 0 Å². The Hall–Kier alpha value is -1.54. The molecule has 0 fully saturated rings. The predicted molar refractivity (Wildman–Crippen MR) is 98.7 cm³/mol. The minimum atomic E-state index is -3.80. The molecule has 1 amide bonds. The third kappa shape index (κ3) is 5.52. The molecule has 0 saturated carbocycles. The van der Waals surface area contributed by atoms with Crippen LogP contribution in [0.4, 0.5) is 5.69 Å². The van der Waals surface area contributed by atoms with Gasteiger partial charge in [-0.15, -0.1) is 11.8 Å². The van der Waals surface area contributed by atoms with E-state index in [-0.39, 0.29) is 16.1 Å². The molecule has 2 aromatic rings. The molecule has 0 heterocycles. The molecule has 0 bridgehead atoms. The number of thioether (sulfide) groups is 1. The molecule has 2 aromatic carbocycles. The van der Waals surface area contributed by atoms with E-state index >= 15 is 0 Å². The fourth-order valence-corrected chi connectivity index (χ4v) is 3.40. The summed E-state index contributed by atoms with van der Waals surface area (Å²) in [5.74, 6) is 0.462. The van der Waals surface area contributed by atoms with Gasteiger partial charge in [-0.05, 0) is 42.8 Å². The van der Waals surface area contributed by atoms with Gasteiger partial charge in [0.2, 0.25) is 15.9 Å². The van der Waals surface area contributed by atoms with Crippen molar-refractivity contribution in [1.82, 2.24) is 0 Å². The topological polar surface area (TPSA) is 89.3 Å². The average molecular weight is 385 g/mol. The summed E-state index contributed by atoms with van der Waals surface area (Å²) in [6, 6.07) is 13.3. The standard InChI is InChI=1S/C16H17ClN2O3S2/c1-11(23-10-12-5-7-13(17)8-6-12)16(20)19-14-3-2-4-15(9-14)24(18,21)22/h2-9,11H,10H2,1H3,(H,19,20)(H2,18,21,22)/t11-/m1/s1. The lowest BCUT2D eigenvalue weighted by Gasteiger charge is -2.12. The van der Waals surface area contributed by atoms with Crippen LogP contribution in [-0.4, -0.2) is 19.6 Å². The zero-order valence-electron chi connectivity index (χ0n) is 12.9. The molecule has 0 aromatic heterocycles. The summed E-state index contributed by atoms with van der Waals surface area (Å²) in [5.41, 5.74) is 1.46. The molecule has 0 spiro atoms. The van der Waals surface area contributed by atoms with Crippen LogP contribution in [0, 0.1) is 0 Å². The van der Waals surface area contributed by atoms with Crippen LogP contribution in [0.2, 0.25) is 5.02 Å². The predicted octanol–water partition coefficient (Wildman–Crippen LogP) is 3.25. The maximum absolute atomic E-state index is 12.2. The van der Waals surface area contributed by atoms with E-state index in [9.17, 15) is 13.2 Å². The summed E-state index contributed by atoms with van der Waals surface area (Å²) in [4.78, 5) is 12.2. The Labute approximate surface area is 150 Å². The van der Waals surface area contributed by atoms with Crippen molar-refractivity contribution in [2.45, 2.75) is 22.8 Å². The lowest BCUT2D eigenvalue weighted by atomic mass is 10.2. The van der Waals surface area contributed by atoms with Gasteiger partial charge in [0.05, 0.1) is 10.1 Å². The van der Waals surface area contributed by atoms with Crippen molar-refractivity contribution in [3.8, 4) is 0 Å². The largest absolute Gasteiger partial charge is 0.325 e. The molecule has 0 aliphatic carbocycles. The number of amides is 1. The van der Waals surface area contributed by atoms with Crippen LogP contribution in [-0.2, 0) is 20.6 Å². The fraction of sp³-hybridized carbons (Fsp3) is 0.188. The first-order chi connectivity index (χ1) is 11.3. The number of nitrogens with one attached hydrogen (secondary N) is 1. The van der Waals surface area contributed by atoms with Gasteiger partial charge in [0.15, 0.2) is 0 Å². The van der Waals surface area contributed by atoms with Gasteiger partial charge >= 0.3 is 0 Å². The summed E-state index contributed by atoms with van der Waals surface area (Å²) in [6.45, 7) is 1.79. The molecular formula is C16H17ClN2O3S2. The summed E-state index contributed by atoms with van der Waals surface area (Å²) in [7, 11) is -3.80. The molecule has 0 aliphatic rings. The van der Waals surface area contributed by atoms with E-state index < -0.39 is 10.0 Å². The van der Waals surface area contributed by atoms with Gasteiger partial charge in [-0.2, -0.15) is 0 Å². The van der Waals surface area contributed by atoms with Gasteiger partial charge in [0, 0.05) is 16.5 Å². The van der Waals surface area contributed by atoms with Crippen LogP contribution < -0.4 is 10.5 Å². The molecule has 24 heavy (non-hydrogen) atoms. The van der Waals surface area contributed by atoms with Crippen LogP contribution in [0.15, 0.2) is 53.4 Å². The number of carbonyl (C=O) groups excluding carboxylic acids is 1. The van der Waals surface area contributed by atoms with Crippen molar-refractivity contribution in [1.29, 1.82) is 0 Å². The Morgan fingerprint density at radius 2 is 1.92 bits per heavy atom. The highest BCUT2D eigenvalue weighted by Crippen LogP contribution is 2.21. The highest BCUT2D eigenvalue weighted by Gasteiger charge is 2.15. The van der Waals surface area contributed by atoms with E-state index in [2.05, 4.69) is 5.32 Å². The van der Waals surface area contributed by atoms with E-state index in [0.29, 0.717) is 16.5 Å². The highest BCUT2D eigenvalue weighted by atomic mass is 35.5. The van der Waals surface area contributed by atoms with Crippen molar-refractivity contribution in [2.24, 2.45) is 5.14 Å². The molecule has 8 heteroatoms. The van der Waals surface area contributed by atoms with Crippen LogP contribution in [0.1, 0.15) is 12.5 Å². The van der Waals surface area contributed by atoms with Crippen molar-refractivity contribution in [3.63, 3.8) is 0 Å². The zero-order chi connectivity index (χ0) is 17.7. The van der Waals surface area contributed by atoms with E-state index in [1.54, 1.807) is 25.1 Å². The number of nitrogens with two attached hydrogens (primary N) is 1. The Morgan fingerprint density at radius 1 is 1.25 bits per heavy atom.